The number of hydrogen-bond acceptors (Lipinski definition) is 4. The molecule has 6 nitrogen and oxygen atoms in total. The van der Waals surface area contributed by atoms with E-state index >= 15 is 0 Å². The van der Waals surface area contributed by atoms with E-state index in [1.54, 1.807) is 13.0 Å². The number of rotatable bonds is 4. The van der Waals surface area contributed by atoms with Crippen LogP contribution in [0.2, 0.25) is 0 Å². The summed E-state index contributed by atoms with van der Waals surface area (Å²) in [6, 6.07) is 7.28. The molecular formula is C15H19N3O3. The van der Waals surface area contributed by atoms with Crippen LogP contribution >= 0.6 is 0 Å². The Balaban J connectivity index is 1.67. The van der Waals surface area contributed by atoms with Crippen molar-refractivity contribution in [3.63, 3.8) is 0 Å². The number of nitrogens with zero attached hydrogens (tertiary/aromatic N) is 1. The zero-order chi connectivity index (χ0) is 14.8. The molecular weight excluding hydrogens is 270 g/mol. The molecule has 2 heterocycles. The van der Waals surface area contributed by atoms with Crippen LogP contribution in [0, 0.1) is 5.92 Å². The van der Waals surface area contributed by atoms with Crippen molar-refractivity contribution in [2.45, 2.75) is 13.0 Å². The second-order valence-electron chi connectivity index (χ2n) is 5.48. The molecule has 3 rings (SSSR count). The summed E-state index contributed by atoms with van der Waals surface area (Å²) in [6.45, 7) is 4.27. The molecule has 1 saturated heterocycles. The zero-order valence-electron chi connectivity index (χ0n) is 12.0. The molecule has 21 heavy (non-hydrogen) atoms. The van der Waals surface area contributed by atoms with Gasteiger partial charge in [-0.1, -0.05) is 12.1 Å². The van der Waals surface area contributed by atoms with Crippen LogP contribution in [0.4, 0.5) is 5.69 Å². The average molecular weight is 289 g/mol. The lowest BCUT2D eigenvalue weighted by atomic mass is 10.0. The highest BCUT2D eigenvalue weighted by molar-refractivity contribution is 6.03. The first-order valence-electron chi connectivity index (χ1n) is 7.19. The molecule has 0 bridgehead atoms. The molecule has 0 aliphatic carbocycles. The standard InChI is InChI=1S/C15H19N3O3/c1-10-15(20)18(12-4-2-3-5-13(12)21-10)9-14(19)17-8-11-6-16-7-11/h2-5,10-11,16H,6-9H2,1H3,(H,17,19). The third-order valence-electron chi connectivity index (χ3n) is 3.83. The lowest BCUT2D eigenvalue weighted by Gasteiger charge is -2.33. The van der Waals surface area contributed by atoms with Crippen LogP contribution in [0.3, 0.4) is 0 Å². The predicted octanol–water partition coefficient (Wildman–Crippen LogP) is 0.136. The van der Waals surface area contributed by atoms with Gasteiger partial charge in [-0.2, -0.15) is 0 Å². The molecule has 2 aliphatic heterocycles. The molecule has 6 heteroatoms. The third-order valence-corrected chi connectivity index (χ3v) is 3.83. The molecule has 1 aromatic rings. The zero-order valence-corrected chi connectivity index (χ0v) is 12.0. The lowest BCUT2D eigenvalue weighted by molar-refractivity contribution is -0.128. The fourth-order valence-corrected chi connectivity index (χ4v) is 2.47. The molecule has 1 unspecified atom stereocenters. The summed E-state index contributed by atoms with van der Waals surface area (Å²) in [4.78, 5) is 25.8. The Bertz CT molecular complexity index is 557. The van der Waals surface area contributed by atoms with Gasteiger partial charge in [-0.25, -0.2) is 0 Å². The molecule has 1 fully saturated rings. The fourth-order valence-electron chi connectivity index (χ4n) is 2.47. The van der Waals surface area contributed by atoms with Crippen LogP contribution in [0.25, 0.3) is 0 Å². The Labute approximate surface area is 123 Å². The second-order valence-corrected chi connectivity index (χ2v) is 5.48. The van der Waals surface area contributed by atoms with Gasteiger partial charge in [-0.15, -0.1) is 0 Å². The van der Waals surface area contributed by atoms with Gasteiger partial charge in [-0.05, 0) is 19.1 Å². The number of anilines is 1. The molecule has 0 radical (unpaired) electrons. The van der Waals surface area contributed by atoms with Crippen LogP contribution in [-0.4, -0.2) is 44.1 Å². The van der Waals surface area contributed by atoms with Gasteiger partial charge in [0, 0.05) is 25.6 Å². The quantitative estimate of drug-likeness (QED) is 0.827. The molecule has 112 valence electrons. The number of nitrogens with one attached hydrogen (secondary N) is 2. The van der Waals surface area contributed by atoms with E-state index in [4.69, 9.17) is 4.74 Å². The Morgan fingerprint density at radius 2 is 2.19 bits per heavy atom. The Hall–Kier alpha value is -2.08. The lowest BCUT2D eigenvalue weighted by Crippen LogP contribution is -2.52. The summed E-state index contributed by atoms with van der Waals surface area (Å²) in [7, 11) is 0. The number of hydrogen-bond donors (Lipinski definition) is 2. The molecule has 1 atom stereocenters. The number of ether oxygens (including phenoxy) is 1. The van der Waals surface area contributed by atoms with Gasteiger partial charge in [0.15, 0.2) is 6.10 Å². The number of fused-ring (bicyclic) bond motifs is 1. The minimum Gasteiger partial charge on any atom is -0.479 e. The molecule has 0 saturated carbocycles. The minimum absolute atomic E-state index is 0.0314. The van der Waals surface area contributed by atoms with E-state index in [0.29, 0.717) is 23.9 Å². The fraction of sp³-hybridized carbons (Fsp3) is 0.467. The summed E-state index contributed by atoms with van der Waals surface area (Å²) < 4.78 is 5.55. The number of carbonyl (C=O) groups is 2. The van der Waals surface area contributed by atoms with Crippen LogP contribution < -0.4 is 20.3 Å². The molecule has 2 aliphatic rings. The summed E-state index contributed by atoms with van der Waals surface area (Å²) >= 11 is 0. The third kappa shape index (κ3) is 2.85. The van der Waals surface area contributed by atoms with Crippen molar-refractivity contribution in [3.05, 3.63) is 24.3 Å². The van der Waals surface area contributed by atoms with Crippen molar-refractivity contribution in [2.75, 3.05) is 31.1 Å². The number of benzene rings is 1. The SMILES string of the molecule is CC1Oc2ccccc2N(CC(=O)NCC2CNC2)C1=O. The van der Waals surface area contributed by atoms with Gasteiger partial charge in [0.2, 0.25) is 5.91 Å². The highest BCUT2D eigenvalue weighted by Crippen LogP contribution is 2.33. The van der Waals surface area contributed by atoms with Crippen LogP contribution in [0.1, 0.15) is 6.92 Å². The van der Waals surface area contributed by atoms with Gasteiger partial charge < -0.3 is 15.4 Å². The largest absolute Gasteiger partial charge is 0.479 e. The molecule has 1 aromatic carbocycles. The van der Waals surface area contributed by atoms with Gasteiger partial charge in [0.25, 0.3) is 5.91 Å². The van der Waals surface area contributed by atoms with Gasteiger partial charge in [-0.3, -0.25) is 14.5 Å². The van der Waals surface area contributed by atoms with Crippen molar-refractivity contribution < 1.29 is 14.3 Å². The first-order valence-corrected chi connectivity index (χ1v) is 7.19. The smallest absolute Gasteiger partial charge is 0.268 e. The van der Waals surface area contributed by atoms with E-state index in [9.17, 15) is 9.59 Å². The van der Waals surface area contributed by atoms with Crippen LogP contribution in [0.15, 0.2) is 24.3 Å². The van der Waals surface area contributed by atoms with Gasteiger partial charge in [0.1, 0.15) is 12.3 Å². The molecule has 2 N–H and O–H groups in total. The topological polar surface area (TPSA) is 70.7 Å². The summed E-state index contributed by atoms with van der Waals surface area (Å²) in [5.74, 6) is 0.814. The van der Waals surface area contributed by atoms with Crippen LogP contribution in [0.5, 0.6) is 5.75 Å². The maximum atomic E-state index is 12.2. The maximum Gasteiger partial charge on any atom is 0.268 e. The van der Waals surface area contributed by atoms with Crippen LogP contribution in [-0.2, 0) is 9.59 Å². The first-order chi connectivity index (χ1) is 10.1. The van der Waals surface area contributed by atoms with E-state index in [0.717, 1.165) is 13.1 Å². The Kier molecular flexibility index (Phi) is 3.79. The molecule has 2 amide bonds. The first kappa shape index (κ1) is 13.9. The number of para-hydroxylation sites is 2. The normalized spacial score (nSPS) is 21.3. The van der Waals surface area contributed by atoms with E-state index in [2.05, 4.69) is 10.6 Å². The Morgan fingerprint density at radius 1 is 1.43 bits per heavy atom. The molecule has 0 aromatic heterocycles. The van der Waals surface area contributed by atoms with Gasteiger partial charge >= 0.3 is 0 Å². The van der Waals surface area contributed by atoms with Gasteiger partial charge in [0.05, 0.1) is 5.69 Å². The number of amides is 2. The highest BCUT2D eigenvalue weighted by atomic mass is 16.5. The average Bonchev–Trinajstić information content (AvgIpc) is 2.42. The van der Waals surface area contributed by atoms with E-state index < -0.39 is 6.10 Å². The van der Waals surface area contributed by atoms with Crippen molar-refractivity contribution in [1.29, 1.82) is 0 Å². The highest BCUT2D eigenvalue weighted by Gasteiger charge is 2.32. The van der Waals surface area contributed by atoms with Crippen molar-refractivity contribution in [1.82, 2.24) is 10.6 Å². The van der Waals surface area contributed by atoms with E-state index in [1.807, 2.05) is 18.2 Å². The summed E-state index contributed by atoms with van der Waals surface area (Å²) in [5.41, 5.74) is 0.654. The minimum atomic E-state index is -0.566. The number of carbonyl (C=O) groups excluding carboxylic acids is 2. The summed E-state index contributed by atoms with van der Waals surface area (Å²) in [5, 5.41) is 6.04. The predicted molar refractivity (Wildman–Crippen MR) is 78.3 cm³/mol. The van der Waals surface area contributed by atoms with E-state index in [-0.39, 0.29) is 18.4 Å². The molecule has 0 spiro atoms. The van der Waals surface area contributed by atoms with Crippen molar-refractivity contribution in [2.24, 2.45) is 5.92 Å². The van der Waals surface area contributed by atoms with E-state index in [1.165, 1.54) is 4.90 Å². The van der Waals surface area contributed by atoms with Crippen molar-refractivity contribution in [3.8, 4) is 5.75 Å². The van der Waals surface area contributed by atoms with Crippen molar-refractivity contribution >= 4 is 17.5 Å². The maximum absolute atomic E-state index is 12.2. The monoisotopic (exact) mass is 289 g/mol. The second kappa shape index (κ2) is 5.73. The Morgan fingerprint density at radius 3 is 2.90 bits per heavy atom. The summed E-state index contributed by atoms with van der Waals surface area (Å²) in [6.07, 6.45) is -0.566.